The summed E-state index contributed by atoms with van der Waals surface area (Å²) < 4.78 is 5.54. The number of amides is 2. The van der Waals surface area contributed by atoms with E-state index in [1.807, 2.05) is 48.5 Å². The number of carboxylic acid groups (broad SMARTS) is 1. The second-order valence-corrected chi connectivity index (χ2v) is 7.03. The van der Waals surface area contributed by atoms with Gasteiger partial charge in [-0.1, -0.05) is 48.5 Å². The molecule has 4 rings (SSSR count). The molecule has 2 aliphatic rings. The molecule has 28 heavy (non-hydrogen) atoms. The Labute approximate surface area is 161 Å². The maximum atomic E-state index is 12.6. The van der Waals surface area contributed by atoms with Crippen LogP contribution in [-0.2, 0) is 14.3 Å². The number of carbonyl (C=O) groups excluding carboxylic acids is 2. The summed E-state index contributed by atoms with van der Waals surface area (Å²) in [5.74, 6) is -1.20. The van der Waals surface area contributed by atoms with Crippen LogP contribution in [0.4, 0.5) is 4.79 Å². The maximum Gasteiger partial charge on any atom is 0.410 e. The zero-order chi connectivity index (χ0) is 19.7. The molecular formula is C21H20N2O5. The molecule has 0 bridgehead atoms. The molecule has 2 N–H and O–H groups in total. The number of ether oxygens (including phenoxy) is 1. The summed E-state index contributed by atoms with van der Waals surface area (Å²) in [5, 5.41) is 11.9. The van der Waals surface area contributed by atoms with E-state index in [9.17, 15) is 19.5 Å². The van der Waals surface area contributed by atoms with E-state index in [-0.39, 0.29) is 31.5 Å². The Morgan fingerprint density at radius 3 is 2.29 bits per heavy atom. The van der Waals surface area contributed by atoms with Gasteiger partial charge in [-0.15, -0.1) is 0 Å². The van der Waals surface area contributed by atoms with Crippen LogP contribution < -0.4 is 5.32 Å². The van der Waals surface area contributed by atoms with Crippen LogP contribution in [0.2, 0.25) is 0 Å². The highest BCUT2D eigenvalue weighted by Gasteiger charge is 2.41. The van der Waals surface area contributed by atoms with E-state index in [1.165, 1.54) is 4.90 Å². The van der Waals surface area contributed by atoms with Crippen LogP contribution >= 0.6 is 0 Å². The summed E-state index contributed by atoms with van der Waals surface area (Å²) in [6, 6.07) is 14.6. The number of hydrogen-bond acceptors (Lipinski definition) is 4. The van der Waals surface area contributed by atoms with Crippen molar-refractivity contribution in [2.45, 2.75) is 24.4 Å². The Morgan fingerprint density at radius 2 is 1.71 bits per heavy atom. The van der Waals surface area contributed by atoms with Gasteiger partial charge in [0.25, 0.3) is 0 Å². The summed E-state index contributed by atoms with van der Waals surface area (Å²) in [6.45, 7) is 0.244. The Kier molecular flexibility index (Phi) is 4.73. The molecule has 0 unspecified atom stereocenters. The number of nitrogens with one attached hydrogen (secondary N) is 1. The summed E-state index contributed by atoms with van der Waals surface area (Å²) in [4.78, 5) is 35.9. The van der Waals surface area contributed by atoms with Crippen molar-refractivity contribution in [2.75, 3.05) is 13.2 Å². The average molecular weight is 380 g/mol. The van der Waals surface area contributed by atoms with Gasteiger partial charge in [0.1, 0.15) is 12.6 Å². The Hall–Kier alpha value is -3.35. The zero-order valence-electron chi connectivity index (χ0n) is 15.1. The van der Waals surface area contributed by atoms with Crippen LogP contribution in [0.15, 0.2) is 48.5 Å². The monoisotopic (exact) mass is 380 g/mol. The molecule has 2 amide bonds. The molecule has 2 aromatic carbocycles. The van der Waals surface area contributed by atoms with Crippen LogP contribution in [0.3, 0.4) is 0 Å². The van der Waals surface area contributed by atoms with E-state index in [2.05, 4.69) is 5.32 Å². The number of carbonyl (C=O) groups is 3. The summed E-state index contributed by atoms with van der Waals surface area (Å²) >= 11 is 0. The average Bonchev–Trinajstić information content (AvgIpc) is 3.26. The number of nitrogens with zero attached hydrogens (tertiary/aromatic N) is 1. The molecule has 2 aromatic rings. The lowest BCUT2D eigenvalue weighted by Gasteiger charge is -2.22. The smallest absolute Gasteiger partial charge is 0.410 e. The van der Waals surface area contributed by atoms with Gasteiger partial charge in [-0.25, -0.2) is 9.59 Å². The second kappa shape index (κ2) is 7.34. The molecule has 0 spiro atoms. The SMILES string of the molecule is O=CN[C@@H]1C[C@@H](C(=O)O)N(C(=O)OCC2c3ccccc3-c3ccccc32)C1. The number of hydrogen-bond donors (Lipinski definition) is 2. The van der Waals surface area contributed by atoms with E-state index < -0.39 is 18.1 Å². The quantitative estimate of drug-likeness (QED) is 0.776. The molecule has 1 aliphatic heterocycles. The molecule has 1 heterocycles. The van der Waals surface area contributed by atoms with Gasteiger partial charge in [-0.2, -0.15) is 0 Å². The number of carboxylic acids is 1. The topological polar surface area (TPSA) is 95.9 Å². The van der Waals surface area contributed by atoms with Gasteiger partial charge >= 0.3 is 12.1 Å². The molecular weight excluding hydrogens is 360 g/mol. The van der Waals surface area contributed by atoms with E-state index >= 15 is 0 Å². The highest BCUT2D eigenvalue weighted by molar-refractivity contribution is 5.82. The molecule has 1 aliphatic carbocycles. The van der Waals surface area contributed by atoms with Crippen LogP contribution in [0, 0.1) is 0 Å². The first kappa shape index (κ1) is 18.0. The van der Waals surface area contributed by atoms with Crippen molar-refractivity contribution < 1.29 is 24.2 Å². The fourth-order valence-corrected chi connectivity index (χ4v) is 4.17. The molecule has 1 saturated heterocycles. The third-order valence-corrected chi connectivity index (χ3v) is 5.46. The summed E-state index contributed by atoms with van der Waals surface area (Å²) in [7, 11) is 0. The molecule has 0 aromatic heterocycles. The molecule has 144 valence electrons. The van der Waals surface area contributed by atoms with Gasteiger partial charge in [-0.3, -0.25) is 9.69 Å². The summed E-state index contributed by atoms with van der Waals surface area (Å²) in [5.41, 5.74) is 4.43. The molecule has 0 radical (unpaired) electrons. The van der Waals surface area contributed by atoms with Crippen LogP contribution in [0.1, 0.15) is 23.5 Å². The van der Waals surface area contributed by atoms with Crippen LogP contribution in [0.5, 0.6) is 0 Å². The van der Waals surface area contributed by atoms with Crippen molar-refractivity contribution in [2.24, 2.45) is 0 Å². The second-order valence-electron chi connectivity index (χ2n) is 7.03. The van der Waals surface area contributed by atoms with Crippen LogP contribution in [0.25, 0.3) is 11.1 Å². The van der Waals surface area contributed by atoms with E-state index in [0.717, 1.165) is 22.3 Å². The fourth-order valence-electron chi connectivity index (χ4n) is 4.17. The molecule has 7 nitrogen and oxygen atoms in total. The van der Waals surface area contributed by atoms with Crippen LogP contribution in [-0.4, -0.2) is 53.7 Å². The largest absolute Gasteiger partial charge is 0.480 e. The molecule has 0 saturated carbocycles. The fraction of sp³-hybridized carbons (Fsp3) is 0.286. The van der Waals surface area contributed by atoms with Crippen molar-refractivity contribution in [1.82, 2.24) is 10.2 Å². The number of benzene rings is 2. The number of aliphatic carboxylic acids is 1. The Balaban J connectivity index is 1.51. The number of likely N-dealkylation sites (tertiary alicyclic amines) is 1. The molecule has 2 atom stereocenters. The van der Waals surface area contributed by atoms with Gasteiger partial charge in [0.05, 0.1) is 0 Å². The first-order valence-corrected chi connectivity index (χ1v) is 9.14. The zero-order valence-corrected chi connectivity index (χ0v) is 15.1. The lowest BCUT2D eigenvalue weighted by atomic mass is 9.98. The highest BCUT2D eigenvalue weighted by atomic mass is 16.6. The predicted molar refractivity (Wildman–Crippen MR) is 101 cm³/mol. The van der Waals surface area contributed by atoms with E-state index in [1.54, 1.807) is 0 Å². The lowest BCUT2D eigenvalue weighted by molar-refractivity contribution is -0.141. The first-order valence-electron chi connectivity index (χ1n) is 9.14. The molecule has 7 heteroatoms. The van der Waals surface area contributed by atoms with Crippen molar-refractivity contribution in [3.8, 4) is 11.1 Å². The van der Waals surface area contributed by atoms with Crippen molar-refractivity contribution >= 4 is 18.5 Å². The highest BCUT2D eigenvalue weighted by Crippen LogP contribution is 2.44. The van der Waals surface area contributed by atoms with E-state index in [4.69, 9.17) is 4.74 Å². The van der Waals surface area contributed by atoms with Gasteiger partial charge in [0.15, 0.2) is 0 Å². The minimum Gasteiger partial charge on any atom is -0.480 e. The lowest BCUT2D eigenvalue weighted by Crippen LogP contribution is -2.41. The predicted octanol–water partition coefficient (Wildman–Crippen LogP) is 2.21. The van der Waals surface area contributed by atoms with Crippen molar-refractivity contribution in [3.63, 3.8) is 0 Å². The number of rotatable bonds is 5. The van der Waals surface area contributed by atoms with Gasteiger partial charge in [0.2, 0.25) is 6.41 Å². The van der Waals surface area contributed by atoms with Crippen molar-refractivity contribution in [1.29, 1.82) is 0 Å². The normalized spacial score (nSPS) is 20.4. The minimum absolute atomic E-state index is 0.0915. The minimum atomic E-state index is -1.11. The maximum absolute atomic E-state index is 12.6. The third kappa shape index (κ3) is 3.09. The van der Waals surface area contributed by atoms with Gasteiger partial charge in [-0.05, 0) is 22.3 Å². The van der Waals surface area contributed by atoms with E-state index in [0.29, 0.717) is 6.41 Å². The summed E-state index contributed by atoms with van der Waals surface area (Å²) in [6.07, 6.45) is 0.00718. The third-order valence-electron chi connectivity index (χ3n) is 5.46. The Bertz CT molecular complexity index is 883. The first-order chi connectivity index (χ1) is 13.6. The van der Waals surface area contributed by atoms with Gasteiger partial charge < -0.3 is 15.2 Å². The standard InChI is InChI=1S/C21H20N2O5/c24-12-22-13-9-19(20(25)26)23(10-13)21(27)28-11-18-16-7-3-1-5-14(16)15-6-2-4-8-17(15)18/h1-8,12-13,18-19H,9-11H2,(H,22,24)(H,25,26)/t13-,19+/m1/s1. The van der Waals surface area contributed by atoms with Gasteiger partial charge in [0, 0.05) is 24.9 Å². The van der Waals surface area contributed by atoms with Crippen molar-refractivity contribution in [3.05, 3.63) is 59.7 Å². The number of fused-ring (bicyclic) bond motifs is 3. The Morgan fingerprint density at radius 1 is 1.11 bits per heavy atom. The molecule has 1 fully saturated rings.